The number of H-pyrrole nitrogens is 1. The lowest BCUT2D eigenvalue weighted by atomic mass is 9.91. The van der Waals surface area contributed by atoms with Gasteiger partial charge in [0.15, 0.2) is 0 Å². The minimum absolute atomic E-state index is 0.0120. The predicted octanol–water partition coefficient (Wildman–Crippen LogP) is 5.50. The number of ether oxygens (including phenoxy) is 1. The first-order chi connectivity index (χ1) is 14.2. The third-order valence-electron chi connectivity index (χ3n) is 5.09. The number of halogens is 1. The number of benzene rings is 3. The Kier molecular flexibility index (Phi) is 5.67. The van der Waals surface area contributed by atoms with E-state index in [9.17, 15) is 4.79 Å². The maximum absolute atomic E-state index is 12.8. The predicted molar refractivity (Wildman–Crippen MR) is 120 cm³/mol. The first-order valence-corrected chi connectivity index (χ1v) is 10.2. The van der Waals surface area contributed by atoms with Gasteiger partial charge in [-0.05, 0) is 41.5 Å². The van der Waals surface area contributed by atoms with E-state index in [0.717, 1.165) is 26.5 Å². The third kappa shape index (κ3) is 4.05. The number of para-hydroxylation sites is 2. The van der Waals surface area contributed by atoms with Gasteiger partial charge in [-0.15, -0.1) is 0 Å². The van der Waals surface area contributed by atoms with E-state index in [-0.39, 0.29) is 11.8 Å². The van der Waals surface area contributed by atoms with Gasteiger partial charge in [0.05, 0.1) is 12.7 Å². The molecule has 0 aliphatic rings. The van der Waals surface area contributed by atoms with E-state index in [1.165, 1.54) is 0 Å². The van der Waals surface area contributed by atoms with Crippen LogP contribution in [0, 0.1) is 0 Å². The van der Waals surface area contributed by atoms with Crippen LogP contribution in [0.15, 0.2) is 83.5 Å². The summed E-state index contributed by atoms with van der Waals surface area (Å²) < 4.78 is 6.35. The highest BCUT2D eigenvalue weighted by atomic mass is 79.9. The van der Waals surface area contributed by atoms with Crippen molar-refractivity contribution < 1.29 is 9.53 Å². The lowest BCUT2D eigenvalue weighted by Gasteiger charge is -2.19. The van der Waals surface area contributed by atoms with Gasteiger partial charge in [-0.3, -0.25) is 4.79 Å². The quantitative estimate of drug-likeness (QED) is 0.409. The van der Waals surface area contributed by atoms with Gasteiger partial charge >= 0.3 is 0 Å². The number of fused-ring (bicyclic) bond motifs is 1. The van der Waals surface area contributed by atoms with Crippen LogP contribution in [0.4, 0.5) is 0 Å². The number of carbonyl (C=O) groups is 1. The summed E-state index contributed by atoms with van der Waals surface area (Å²) in [5, 5.41) is 4.25. The Balaban J connectivity index is 1.66. The number of methoxy groups -OCH3 is 1. The zero-order valence-electron chi connectivity index (χ0n) is 16.0. The molecule has 5 heteroatoms. The van der Waals surface area contributed by atoms with Gasteiger partial charge in [-0.1, -0.05) is 58.4 Å². The summed E-state index contributed by atoms with van der Waals surface area (Å²) in [5.41, 5.74) is 3.91. The fourth-order valence-electron chi connectivity index (χ4n) is 3.61. The molecule has 3 aromatic carbocycles. The van der Waals surface area contributed by atoms with Crippen molar-refractivity contribution >= 4 is 32.7 Å². The average molecular weight is 449 g/mol. The van der Waals surface area contributed by atoms with E-state index in [1.807, 2.05) is 42.6 Å². The van der Waals surface area contributed by atoms with E-state index >= 15 is 0 Å². The molecular weight excluding hydrogens is 428 g/mol. The summed E-state index contributed by atoms with van der Waals surface area (Å²) in [6.45, 7) is 0.473. The molecule has 1 amide bonds. The molecule has 0 saturated carbocycles. The minimum atomic E-state index is -0.149. The number of amides is 1. The highest BCUT2D eigenvalue weighted by molar-refractivity contribution is 9.10. The first-order valence-electron chi connectivity index (χ1n) is 9.40. The van der Waals surface area contributed by atoms with Gasteiger partial charge < -0.3 is 15.0 Å². The van der Waals surface area contributed by atoms with Crippen LogP contribution in [0.5, 0.6) is 5.75 Å². The van der Waals surface area contributed by atoms with Crippen molar-refractivity contribution in [3.05, 3.63) is 100 Å². The lowest BCUT2D eigenvalue weighted by Crippen LogP contribution is -2.29. The lowest BCUT2D eigenvalue weighted by molar-refractivity contribution is 0.0949. The molecule has 1 aromatic heterocycles. The average Bonchev–Trinajstić information content (AvgIpc) is 3.19. The van der Waals surface area contributed by atoms with Crippen LogP contribution in [0.25, 0.3) is 10.9 Å². The van der Waals surface area contributed by atoms with Gasteiger partial charge in [0.25, 0.3) is 5.91 Å². The second kappa shape index (κ2) is 8.53. The number of aromatic amines is 1. The summed E-state index contributed by atoms with van der Waals surface area (Å²) in [6, 6.07) is 23.7. The molecule has 0 unspecified atom stereocenters. The van der Waals surface area contributed by atoms with Gasteiger partial charge in [-0.2, -0.15) is 0 Å². The Labute approximate surface area is 178 Å². The van der Waals surface area contributed by atoms with Crippen molar-refractivity contribution in [1.82, 2.24) is 10.3 Å². The number of carbonyl (C=O) groups excluding carboxylic acids is 1. The Bertz CT molecular complexity index is 1140. The van der Waals surface area contributed by atoms with Crippen molar-refractivity contribution in [2.45, 2.75) is 5.92 Å². The summed E-state index contributed by atoms with van der Waals surface area (Å²) in [4.78, 5) is 16.2. The fraction of sp³-hybridized carbons (Fsp3) is 0.125. The summed E-state index contributed by atoms with van der Waals surface area (Å²) >= 11 is 3.50. The SMILES string of the molecule is COc1ccccc1C(=O)NC[C@@H](c1ccc(Br)cc1)c1c[nH]c2ccccc12. The minimum Gasteiger partial charge on any atom is -0.496 e. The van der Waals surface area contributed by atoms with Crippen LogP contribution in [0.2, 0.25) is 0 Å². The number of nitrogens with one attached hydrogen (secondary N) is 2. The molecule has 4 rings (SSSR count). The fourth-order valence-corrected chi connectivity index (χ4v) is 3.87. The van der Waals surface area contributed by atoms with Crippen molar-refractivity contribution in [2.24, 2.45) is 0 Å². The molecule has 0 radical (unpaired) electrons. The van der Waals surface area contributed by atoms with Crippen molar-refractivity contribution in [3.8, 4) is 5.75 Å². The molecule has 4 nitrogen and oxygen atoms in total. The molecule has 29 heavy (non-hydrogen) atoms. The Morgan fingerprint density at radius 2 is 1.76 bits per heavy atom. The van der Waals surface area contributed by atoms with Gasteiger partial charge in [0, 0.05) is 34.0 Å². The van der Waals surface area contributed by atoms with Crippen molar-refractivity contribution in [3.63, 3.8) is 0 Å². The molecule has 0 fully saturated rings. The Morgan fingerprint density at radius 3 is 2.55 bits per heavy atom. The molecular formula is C24H21BrN2O2. The monoisotopic (exact) mass is 448 g/mol. The van der Waals surface area contributed by atoms with E-state index in [4.69, 9.17) is 4.74 Å². The molecule has 0 spiro atoms. The zero-order valence-corrected chi connectivity index (χ0v) is 17.6. The molecule has 1 heterocycles. The van der Waals surface area contributed by atoms with Crippen molar-refractivity contribution in [1.29, 1.82) is 0 Å². The van der Waals surface area contributed by atoms with Crippen LogP contribution < -0.4 is 10.1 Å². The standard InChI is InChI=1S/C24H21BrN2O2/c1-29-23-9-5-3-7-19(23)24(28)27-14-20(16-10-12-17(25)13-11-16)21-15-26-22-8-4-2-6-18(21)22/h2-13,15,20,26H,14H2,1H3,(H,27,28)/t20-/m0/s1. The maximum atomic E-state index is 12.8. The summed E-state index contributed by atoms with van der Waals surface area (Å²) in [5.74, 6) is 0.430. The van der Waals surface area contributed by atoms with Gasteiger partial charge in [-0.25, -0.2) is 0 Å². The smallest absolute Gasteiger partial charge is 0.255 e. The van der Waals surface area contributed by atoms with E-state index < -0.39 is 0 Å². The zero-order chi connectivity index (χ0) is 20.2. The number of rotatable bonds is 6. The third-order valence-corrected chi connectivity index (χ3v) is 5.62. The van der Waals surface area contributed by atoms with Crippen LogP contribution in [-0.4, -0.2) is 24.5 Å². The topological polar surface area (TPSA) is 54.1 Å². The van der Waals surface area contributed by atoms with Crippen LogP contribution in [-0.2, 0) is 0 Å². The Morgan fingerprint density at radius 1 is 1.03 bits per heavy atom. The number of aromatic nitrogens is 1. The second-order valence-corrected chi connectivity index (χ2v) is 7.72. The molecule has 0 bridgehead atoms. The van der Waals surface area contributed by atoms with Crippen LogP contribution >= 0.6 is 15.9 Å². The number of hydrogen-bond donors (Lipinski definition) is 2. The van der Waals surface area contributed by atoms with Crippen LogP contribution in [0.3, 0.4) is 0 Å². The number of hydrogen-bond acceptors (Lipinski definition) is 2. The van der Waals surface area contributed by atoms with E-state index in [1.54, 1.807) is 19.2 Å². The van der Waals surface area contributed by atoms with Crippen molar-refractivity contribution in [2.75, 3.05) is 13.7 Å². The maximum Gasteiger partial charge on any atom is 0.255 e. The molecule has 0 aliphatic carbocycles. The molecule has 2 N–H and O–H groups in total. The van der Waals surface area contributed by atoms with Gasteiger partial charge in [0.1, 0.15) is 5.75 Å². The summed E-state index contributed by atoms with van der Waals surface area (Å²) in [7, 11) is 1.57. The molecule has 0 aliphatic heterocycles. The molecule has 0 saturated heterocycles. The highest BCUT2D eigenvalue weighted by Gasteiger charge is 2.20. The van der Waals surface area contributed by atoms with E-state index in [2.05, 4.69) is 50.5 Å². The molecule has 1 atom stereocenters. The molecule has 146 valence electrons. The molecule has 4 aromatic rings. The largest absolute Gasteiger partial charge is 0.496 e. The summed E-state index contributed by atoms with van der Waals surface area (Å²) in [6.07, 6.45) is 2.03. The highest BCUT2D eigenvalue weighted by Crippen LogP contribution is 2.31. The first kappa shape index (κ1) is 19.3. The normalized spacial score (nSPS) is 11.9. The van der Waals surface area contributed by atoms with E-state index in [0.29, 0.717) is 17.9 Å². The van der Waals surface area contributed by atoms with Crippen LogP contribution in [0.1, 0.15) is 27.4 Å². The second-order valence-electron chi connectivity index (χ2n) is 6.80. The van der Waals surface area contributed by atoms with Gasteiger partial charge in [0.2, 0.25) is 0 Å². The Hall–Kier alpha value is -3.05.